The number of aromatic nitrogens is 5. The van der Waals surface area contributed by atoms with Gasteiger partial charge < -0.3 is 0 Å². The summed E-state index contributed by atoms with van der Waals surface area (Å²) in [6.07, 6.45) is 0. The van der Waals surface area contributed by atoms with E-state index in [9.17, 15) is 0 Å². The summed E-state index contributed by atoms with van der Waals surface area (Å²) in [7, 11) is 0. The van der Waals surface area contributed by atoms with Crippen LogP contribution in [0.4, 0.5) is 0 Å². The Morgan fingerprint density at radius 2 is 0.872 bits per heavy atom. The zero-order valence-corrected chi connectivity index (χ0v) is 25.3. The molecule has 0 amide bonds. The van der Waals surface area contributed by atoms with Crippen molar-refractivity contribution >= 4 is 32.7 Å². The van der Waals surface area contributed by atoms with Crippen molar-refractivity contribution < 1.29 is 0 Å². The molecule has 5 nitrogen and oxygen atoms in total. The second-order valence-electron chi connectivity index (χ2n) is 11.5. The van der Waals surface area contributed by atoms with Crippen LogP contribution in [0.2, 0.25) is 0 Å². The van der Waals surface area contributed by atoms with Crippen LogP contribution in [0.1, 0.15) is 0 Å². The fraction of sp³-hybridized carbons (Fsp3) is 0. The van der Waals surface area contributed by atoms with E-state index in [0.717, 1.165) is 61.3 Å². The lowest BCUT2D eigenvalue weighted by molar-refractivity contribution is 1.01. The highest BCUT2D eigenvalue weighted by Crippen LogP contribution is 2.35. The molecule has 0 N–H and O–H groups in total. The van der Waals surface area contributed by atoms with E-state index in [-0.39, 0.29) is 0 Å². The summed E-state index contributed by atoms with van der Waals surface area (Å²) in [5, 5.41) is 3.33. The Bertz CT molecular complexity index is 2460. The van der Waals surface area contributed by atoms with Gasteiger partial charge in [-0.1, -0.05) is 133 Å². The molecule has 0 bridgehead atoms. The summed E-state index contributed by atoms with van der Waals surface area (Å²) in [6.45, 7) is 0. The Labute approximate surface area is 271 Å². The Kier molecular flexibility index (Phi) is 6.39. The molecule has 5 heteroatoms. The second kappa shape index (κ2) is 11.2. The number of nitrogens with zero attached hydrogens (tertiary/aromatic N) is 5. The highest BCUT2D eigenvalue weighted by molar-refractivity contribution is 6.09. The molecule has 6 aromatic carbocycles. The maximum absolute atomic E-state index is 5.29. The lowest BCUT2D eigenvalue weighted by atomic mass is 10.0. The maximum Gasteiger partial charge on any atom is 0.235 e. The molecule has 9 aromatic rings. The van der Waals surface area contributed by atoms with Crippen LogP contribution in [-0.2, 0) is 0 Å². The quantitative estimate of drug-likeness (QED) is 0.197. The van der Waals surface area contributed by atoms with Crippen molar-refractivity contribution in [2.75, 3.05) is 0 Å². The molecule has 0 spiro atoms. The Hall–Kier alpha value is -6.46. The SMILES string of the molecule is c1ccc(-c2cc(-c3ccccc3)nc(-c3cccc(-c4nc(-n5c6ccccc6c6ccccc65)nc5ccccc45)c3)n2)cc1. The van der Waals surface area contributed by atoms with Crippen LogP contribution in [0.3, 0.4) is 0 Å². The first-order chi connectivity index (χ1) is 23.3. The molecule has 0 atom stereocenters. The number of hydrogen-bond acceptors (Lipinski definition) is 4. The average molecular weight is 602 g/mol. The van der Waals surface area contributed by atoms with Crippen LogP contribution < -0.4 is 0 Å². The van der Waals surface area contributed by atoms with Gasteiger partial charge in [0.1, 0.15) is 0 Å². The van der Waals surface area contributed by atoms with Gasteiger partial charge in [-0.15, -0.1) is 0 Å². The minimum Gasteiger partial charge on any atom is -0.278 e. The molecule has 0 aliphatic heterocycles. The van der Waals surface area contributed by atoms with Gasteiger partial charge >= 0.3 is 0 Å². The molecule has 47 heavy (non-hydrogen) atoms. The molecule has 0 radical (unpaired) electrons. The summed E-state index contributed by atoms with van der Waals surface area (Å²) in [5.41, 5.74) is 9.61. The van der Waals surface area contributed by atoms with Crippen LogP contribution in [0, 0.1) is 0 Å². The fourth-order valence-electron chi connectivity index (χ4n) is 6.42. The van der Waals surface area contributed by atoms with Crippen molar-refractivity contribution in [1.29, 1.82) is 0 Å². The molecular weight excluding hydrogens is 574 g/mol. The van der Waals surface area contributed by atoms with E-state index < -0.39 is 0 Å². The predicted molar refractivity (Wildman–Crippen MR) is 191 cm³/mol. The third-order valence-electron chi connectivity index (χ3n) is 8.63. The van der Waals surface area contributed by atoms with Crippen molar-refractivity contribution in [2.24, 2.45) is 0 Å². The zero-order valence-electron chi connectivity index (χ0n) is 25.3. The Morgan fingerprint density at radius 3 is 1.51 bits per heavy atom. The number of fused-ring (bicyclic) bond motifs is 4. The van der Waals surface area contributed by atoms with Crippen molar-refractivity contribution in [3.63, 3.8) is 0 Å². The van der Waals surface area contributed by atoms with Gasteiger partial charge in [0.05, 0.1) is 33.6 Å². The molecule has 3 heterocycles. The molecule has 220 valence electrons. The highest BCUT2D eigenvalue weighted by Gasteiger charge is 2.18. The number of benzene rings is 6. The summed E-state index contributed by atoms with van der Waals surface area (Å²) in [5.74, 6) is 1.29. The summed E-state index contributed by atoms with van der Waals surface area (Å²) < 4.78 is 2.17. The molecule has 0 aliphatic carbocycles. The van der Waals surface area contributed by atoms with E-state index in [1.165, 1.54) is 10.8 Å². The topological polar surface area (TPSA) is 56.5 Å². The third-order valence-corrected chi connectivity index (χ3v) is 8.63. The summed E-state index contributed by atoms with van der Waals surface area (Å²) in [6, 6.07) is 56.0. The highest BCUT2D eigenvalue weighted by atomic mass is 15.2. The van der Waals surface area contributed by atoms with Gasteiger partial charge in [-0.05, 0) is 30.3 Å². The number of para-hydroxylation sites is 3. The lowest BCUT2D eigenvalue weighted by Gasteiger charge is -2.13. The summed E-state index contributed by atoms with van der Waals surface area (Å²) in [4.78, 5) is 20.5. The van der Waals surface area contributed by atoms with E-state index >= 15 is 0 Å². The van der Waals surface area contributed by atoms with Gasteiger partial charge in [0.25, 0.3) is 0 Å². The van der Waals surface area contributed by atoms with Crippen molar-refractivity contribution in [3.8, 4) is 51.1 Å². The number of hydrogen-bond donors (Lipinski definition) is 0. The van der Waals surface area contributed by atoms with Crippen molar-refractivity contribution in [3.05, 3.63) is 164 Å². The fourth-order valence-corrected chi connectivity index (χ4v) is 6.42. The molecule has 9 rings (SSSR count). The van der Waals surface area contributed by atoms with Gasteiger partial charge in [0.15, 0.2) is 5.82 Å². The molecule has 0 saturated heterocycles. The first-order valence-corrected chi connectivity index (χ1v) is 15.7. The Balaban J connectivity index is 1.25. The van der Waals surface area contributed by atoms with Crippen LogP contribution in [-0.4, -0.2) is 24.5 Å². The van der Waals surface area contributed by atoms with Gasteiger partial charge in [-0.25, -0.2) is 19.9 Å². The first kappa shape index (κ1) is 26.9. The smallest absolute Gasteiger partial charge is 0.235 e. The Morgan fingerprint density at radius 1 is 0.362 bits per heavy atom. The van der Waals surface area contributed by atoms with Crippen LogP contribution in [0.5, 0.6) is 0 Å². The molecule has 3 aromatic heterocycles. The zero-order chi connectivity index (χ0) is 31.2. The van der Waals surface area contributed by atoms with Crippen molar-refractivity contribution in [1.82, 2.24) is 24.5 Å². The molecule has 0 aliphatic rings. The van der Waals surface area contributed by atoms with Crippen LogP contribution >= 0.6 is 0 Å². The van der Waals surface area contributed by atoms with E-state index in [0.29, 0.717) is 11.8 Å². The normalized spacial score (nSPS) is 11.4. The van der Waals surface area contributed by atoms with E-state index in [1.807, 2.05) is 48.5 Å². The second-order valence-corrected chi connectivity index (χ2v) is 11.5. The predicted octanol–water partition coefficient (Wildman–Crippen LogP) is 10.2. The van der Waals surface area contributed by atoms with Gasteiger partial charge in [0.2, 0.25) is 5.95 Å². The van der Waals surface area contributed by atoms with E-state index in [4.69, 9.17) is 19.9 Å². The number of rotatable bonds is 5. The first-order valence-electron chi connectivity index (χ1n) is 15.7. The van der Waals surface area contributed by atoms with E-state index in [1.54, 1.807) is 0 Å². The molecular formula is C42H27N5. The minimum absolute atomic E-state index is 0.634. The average Bonchev–Trinajstić information content (AvgIpc) is 3.49. The molecule has 0 unspecified atom stereocenters. The maximum atomic E-state index is 5.29. The summed E-state index contributed by atoms with van der Waals surface area (Å²) >= 11 is 0. The van der Waals surface area contributed by atoms with E-state index in [2.05, 4.69) is 120 Å². The molecule has 0 saturated carbocycles. The lowest BCUT2D eigenvalue weighted by Crippen LogP contribution is -2.03. The monoisotopic (exact) mass is 601 g/mol. The van der Waals surface area contributed by atoms with Crippen molar-refractivity contribution in [2.45, 2.75) is 0 Å². The standard InChI is InChI=1S/C42H27N5/c1-3-14-28(15-4-1)36-27-37(29-16-5-2-6-17-29)44-41(43-36)31-19-13-18-30(26-31)40-34-22-7-10-23-35(34)45-42(46-40)47-38-24-11-8-20-32(38)33-21-9-12-25-39(33)47/h1-27H. The van der Waals surface area contributed by atoms with Crippen LogP contribution in [0.25, 0.3) is 83.8 Å². The van der Waals surface area contributed by atoms with Gasteiger partial charge in [0, 0.05) is 38.4 Å². The van der Waals surface area contributed by atoms with Gasteiger partial charge in [-0.3, -0.25) is 4.57 Å². The third kappa shape index (κ3) is 4.73. The van der Waals surface area contributed by atoms with Crippen LogP contribution in [0.15, 0.2) is 164 Å². The molecule has 0 fully saturated rings. The minimum atomic E-state index is 0.634. The van der Waals surface area contributed by atoms with Gasteiger partial charge in [-0.2, -0.15) is 0 Å². The largest absolute Gasteiger partial charge is 0.278 e.